The van der Waals surface area contributed by atoms with Gasteiger partial charge in [-0.1, -0.05) is 77.4 Å². The van der Waals surface area contributed by atoms with Crippen molar-refractivity contribution in [3.05, 3.63) is 94.0 Å². The second kappa shape index (κ2) is 11.0. The van der Waals surface area contributed by atoms with Crippen LogP contribution in [0.15, 0.2) is 82.9 Å². The van der Waals surface area contributed by atoms with E-state index in [4.69, 9.17) is 33.0 Å². The van der Waals surface area contributed by atoms with Crippen LogP contribution < -0.4 is 10.1 Å². The summed E-state index contributed by atoms with van der Waals surface area (Å²) in [5.74, 6) is 0.748. The molecule has 4 aromatic rings. The lowest BCUT2D eigenvalue weighted by atomic mass is 9.87. The number of rotatable bonds is 7. The molecule has 188 valence electrons. The average molecular weight is 552 g/mol. The Bertz CT molecular complexity index is 1470. The van der Waals surface area contributed by atoms with Crippen molar-refractivity contribution in [2.24, 2.45) is 10.9 Å². The average Bonchev–Trinajstić information content (AvgIpc) is 3.30. The van der Waals surface area contributed by atoms with Gasteiger partial charge in [-0.3, -0.25) is 4.79 Å². The highest BCUT2D eigenvalue weighted by atomic mass is 35.5. The number of hydrogen-bond donors (Lipinski definition) is 1. The van der Waals surface area contributed by atoms with Crippen LogP contribution in [0.2, 0.25) is 10.0 Å². The summed E-state index contributed by atoms with van der Waals surface area (Å²) < 4.78 is 7.12. The van der Waals surface area contributed by atoms with Gasteiger partial charge < -0.3 is 10.1 Å². The zero-order chi connectivity index (χ0) is 25.9. The zero-order valence-corrected chi connectivity index (χ0v) is 22.4. The van der Waals surface area contributed by atoms with Crippen LogP contribution in [0.1, 0.15) is 24.1 Å². The van der Waals surface area contributed by atoms with Gasteiger partial charge in [0.25, 0.3) is 0 Å². The van der Waals surface area contributed by atoms with Crippen molar-refractivity contribution >= 4 is 58.2 Å². The summed E-state index contributed by atoms with van der Waals surface area (Å²) in [5.41, 5.74) is 3.05. The monoisotopic (exact) mass is 551 g/mol. The van der Waals surface area contributed by atoms with E-state index >= 15 is 0 Å². The molecule has 10 heteroatoms. The van der Waals surface area contributed by atoms with E-state index in [9.17, 15) is 4.79 Å². The zero-order valence-electron chi connectivity index (χ0n) is 20.1. The normalized spacial score (nSPS) is 16.6. The number of aliphatic imine (C=N–C) groups is 1. The van der Waals surface area contributed by atoms with E-state index in [1.165, 1.54) is 11.8 Å². The highest BCUT2D eigenvalue weighted by Crippen LogP contribution is 2.40. The van der Waals surface area contributed by atoms with Crippen molar-refractivity contribution in [3.63, 3.8) is 0 Å². The van der Waals surface area contributed by atoms with E-state index in [1.54, 1.807) is 30.0 Å². The SMILES string of the molecule is COc1ccccc1NC(=O)C1C(C)=Nc2nc(SCc3ccc(Cl)cc3)nn2C1c1ccccc1Cl. The van der Waals surface area contributed by atoms with Crippen LogP contribution in [0.4, 0.5) is 11.6 Å². The summed E-state index contributed by atoms with van der Waals surface area (Å²) in [4.78, 5) is 23.0. The predicted octanol–water partition coefficient (Wildman–Crippen LogP) is 6.84. The fraction of sp³-hybridized carbons (Fsp3) is 0.185. The number of anilines is 1. The molecule has 0 aliphatic carbocycles. The lowest BCUT2D eigenvalue weighted by Gasteiger charge is -2.31. The van der Waals surface area contributed by atoms with E-state index < -0.39 is 12.0 Å². The van der Waals surface area contributed by atoms with Gasteiger partial charge in [-0.15, -0.1) is 5.10 Å². The summed E-state index contributed by atoms with van der Waals surface area (Å²) in [7, 11) is 1.57. The van der Waals surface area contributed by atoms with E-state index in [0.717, 1.165) is 11.1 Å². The molecule has 0 radical (unpaired) electrons. The Labute approximate surface area is 228 Å². The molecular formula is C27H23Cl2N5O2S. The van der Waals surface area contributed by atoms with Gasteiger partial charge in [0.1, 0.15) is 11.7 Å². The fourth-order valence-electron chi connectivity index (χ4n) is 4.26. The Hall–Kier alpha value is -3.33. The van der Waals surface area contributed by atoms with Crippen LogP contribution in [0.5, 0.6) is 5.75 Å². The molecule has 1 aliphatic heterocycles. The van der Waals surface area contributed by atoms with Crippen molar-refractivity contribution < 1.29 is 9.53 Å². The largest absolute Gasteiger partial charge is 0.495 e. The van der Waals surface area contributed by atoms with Crippen molar-refractivity contribution in [1.82, 2.24) is 14.8 Å². The Kier molecular flexibility index (Phi) is 7.50. The number of para-hydroxylation sites is 2. The number of fused-ring (bicyclic) bond motifs is 1. The number of carbonyl (C=O) groups excluding carboxylic acids is 1. The maximum atomic E-state index is 13.7. The molecular weight excluding hydrogens is 529 g/mol. The maximum absolute atomic E-state index is 13.7. The van der Waals surface area contributed by atoms with Gasteiger partial charge in [-0.25, -0.2) is 9.67 Å². The first-order chi connectivity index (χ1) is 17.9. The molecule has 0 spiro atoms. The predicted molar refractivity (Wildman–Crippen MR) is 149 cm³/mol. The Morgan fingerprint density at radius 2 is 1.78 bits per heavy atom. The molecule has 1 aliphatic rings. The number of nitrogens with one attached hydrogen (secondary N) is 1. The minimum atomic E-state index is -0.673. The summed E-state index contributed by atoms with van der Waals surface area (Å²) in [6.45, 7) is 1.83. The number of amides is 1. The molecule has 1 amide bonds. The molecule has 0 bridgehead atoms. The Morgan fingerprint density at radius 1 is 1.05 bits per heavy atom. The first-order valence-electron chi connectivity index (χ1n) is 11.5. The molecule has 0 fully saturated rings. The number of halogens is 2. The van der Waals surface area contributed by atoms with Gasteiger partial charge in [-0.05, 0) is 48.4 Å². The van der Waals surface area contributed by atoms with Gasteiger partial charge in [0.05, 0.1) is 18.8 Å². The second-order valence-electron chi connectivity index (χ2n) is 8.44. The van der Waals surface area contributed by atoms with Gasteiger partial charge >= 0.3 is 0 Å². The van der Waals surface area contributed by atoms with E-state index in [2.05, 4.69) is 15.3 Å². The minimum absolute atomic E-state index is 0.243. The number of methoxy groups -OCH3 is 1. The fourth-order valence-corrected chi connectivity index (χ4v) is 5.42. The number of hydrogen-bond acceptors (Lipinski definition) is 6. The maximum Gasteiger partial charge on any atom is 0.249 e. The van der Waals surface area contributed by atoms with Crippen LogP contribution in [-0.4, -0.2) is 33.5 Å². The van der Waals surface area contributed by atoms with Gasteiger partial charge in [0.15, 0.2) is 0 Å². The third-order valence-electron chi connectivity index (χ3n) is 6.05. The molecule has 1 aromatic heterocycles. The molecule has 37 heavy (non-hydrogen) atoms. The van der Waals surface area contributed by atoms with Gasteiger partial charge in [-0.2, -0.15) is 4.98 Å². The minimum Gasteiger partial charge on any atom is -0.495 e. The van der Waals surface area contributed by atoms with Crippen molar-refractivity contribution in [1.29, 1.82) is 0 Å². The van der Waals surface area contributed by atoms with Crippen molar-refractivity contribution in [2.75, 3.05) is 12.4 Å². The number of benzene rings is 3. The third-order valence-corrected chi connectivity index (χ3v) is 7.56. The Morgan fingerprint density at radius 3 is 2.54 bits per heavy atom. The number of ether oxygens (including phenoxy) is 1. The third kappa shape index (κ3) is 5.37. The number of aromatic nitrogens is 3. The van der Waals surface area contributed by atoms with Crippen LogP contribution in [-0.2, 0) is 10.5 Å². The molecule has 2 atom stereocenters. The summed E-state index contributed by atoms with van der Waals surface area (Å²) in [5, 5.41) is 9.55. The number of nitrogens with zero attached hydrogens (tertiary/aromatic N) is 4. The standard InChI is InChI=1S/C27H23Cl2N5O2S/c1-16-23(25(35)31-21-9-5-6-10-22(21)36-2)24(19-7-3-4-8-20(19)29)34-26(30-16)32-27(33-34)37-15-17-11-13-18(28)14-12-17/h3-14,23-24H,15H2,1-2H3,(H,31,35). The molecule has 5 rings (SSSR count). The Balaban J connectivity index is 1.50. The first kappa shape index (κ1) is 25.3. The highest BCUT2D eigenvalue weighted by Gasteiger charge is 2.40. The van der Waals surface area contributed by atoms with Crippen molar-refractivity contribution in [2.45, 2.75) is 23.9 Å². The molecule has 0 saturated carbocycles. The molecule has 7 nitrogen and oxygen atoms in total. The molecule has 1 N–H and O–H groups in total. The van der Waals surface area contributed by atoms with Crippen molar-refractivity contribution in [3.8, 4) is 5.75 Å². The topological polar surface area (TPSA) is 81.4 Å². The highest BCUT2D eigenvalue weighted by molar-refractivity contribution is 7.98. The quantitative estimate of drug-likeness (QED) is 0.254. The summed E-state index contributed by atoms with van der Waals surface area (Å²) in [6.07, 6.45) is 0. The van der Waals surface area contributed by atoms with Crippen LogP contribution in [0.3, 0.4) is 0 Å². The van der Waals surface area contributed by atoms with E-state index in [1.807, 2.05) is 61.5 Å². The van der Waals surface area contributed by atoms with E-state index in [0.29, 0.717) is 44.1 Å². The number of thioether (sulfide) groups is 1. The number of carbonyl (C=O) groups is 1. The first-order valence-corrected chi connectivity index (χ1v) is 13.3. The lowest BCUT2D eigenvalue weighted by Crippen LogP contribution is -2.39. The smallest absolute Gasteiger partial charge is 0.249 e. The van der Waals surface area contributed by atoms with Crippen LogP contribution in [0.25, 0.3) is 0 Å². The second-order valence-corrected chi connectivity index (χ2v) is 10.2. The summed E-state index contributed by atoms with van der Waals surface area (Å²) >= 11 is 14.1. The van der Waals surface area contributed by atoms with Gasteiger partial charge in [0.2, 0.25) is 17.0 Å². The van der Waals surface area contributed by atoms with Gasteiger partial charge in [0, 0.05) is 21.5 Å². The van der Waals surface area contributed by atoms with Crippen LogP contribution in [0, 0.1) is 5.92 Å². The lowest BCUT2D eigenvalue weighted by molar-refractivity contribution is -0.118. The van der Waals surface area contributed by atoms with Crippen LogP contribution >= 0.6 is 35.0 Å². The molecule has 2 unspecified atom stereocenters. The molecule has 3 aromatic carbocycles. The molecule has 2 heterocycles. The molecule has 0 saturated heterocycles. The van der Waals surface area contributed by atoms with E-state index in [-0.39, 0.29) is 5.91 Å². The summed E-state index contributed by atoms with van der Waals surface area (Å²) in [6, 6.07) is 21.9.